The summed E-state index contributed by atoms with van der Waals surface area (Å²) in [5.41, 5.74) is 6.06. The van der Waals surface area contributed by atoms with Crippen LogP contribution in [0.5, 0.6) is 0 Å². The monoisotopic (exact) mass is 286 g/mol. The van der Waals surface area contributed by atoms with Gasteiger partial charge in [0, 0.05) is 10.3 Å². The highest BCUT2D eigenvalue weighted by molar-refractivity contribution is 7.10. The number of hydrogen-bond donors (Lipinski definition) is 2. The van der Waals surface area contributed by atoms with Gasteiger partial charge < -0.3 is 0 Å². The average molecular weight is 286 g/mol. The molecule has 0 radical (unpaired) electrons. The number of thiophene rings is 1. The molecule has 0 bridgehead atoms. The highest BCUT2D eigenvalue weighted by Gasteiger charge is 2.43. The van der Waals surface area contributed by atoms with E-state index in [1.54, 1.807) is 11.3 Å². The standard InChI is InChI=1S/C17H22N2S/c1-13-15(9-12-20-13)16(19-18)17(10-5-6-11-17)14-7-3-2-4-8-14/h2-4,7-9,12,16,19H,5-6,10-11,18H2,1H3. The predicted molar refractivity (Wildman–Crippen MR) is 85.7 cm³/mol. The molecule has 1 aromatic heterocycles. The van der Waals surface area contributed by atoms with Crippen LogP contribution in [0.1, 0.15) is 47.7 Å². The topological polar surface area (TPSA) is 38.0 Å². The first-order chi connectivity index (χ1) is 9.78. The van der Waals surface area contributed by atoms with Crippen LogP contribution in [0.15, 0.2) is 41.8 Å². The largest absolute Gasteiger partial charge is 0.271 e. The molecule has 1 aliphatic carbocycles. The van der Waals surface area contributed by atoms with Gasteiger partial charge in [-0.3, -0.25) is 11.3 Å². The summed E-state index contributed by atoms with van der Waals surface area (Å²) in [6.45, 7) is 2.19. The lowest BCUT2D eigenvalue weighted by molar-refractivity contribution is 0.303. The number of hydrogen-bond acceptors (Lipinski definition) is 3. The van der Waals surface area contributed by atoms with E-state index >= 15 is 0 Å². The zero-order chi connectivity index (χ0) is 14.0. The van der Waals surface area contributed by atoms with E-state index in [0.717, 1.165) is 0 Å². The fraction of sp³-hybridized carbons (Fsp3) is 0.412. The number of nitrogens with two attached hydrogens (primary N) is 1. The minimum Gasteiger partial charge on any atom is -0.271 e. The van der Waals surface area contributed by atoms with E-state index < -0.39 is 0 Å². The molecule has 1 saturated carbocycles. The lowest BCUT2D eigenvalue weighted by atomic mass is 9.70. The van der Waals surface area contributed by atoms with E-state index in [1.807, 2.05) is 0 Å². The molecule has 2 nitrogen and oxygen atoms in total. The van der Waals surface area contributed by atoms with Gasteiger partial charge in [0.2, 0.25) is 0 Å². The molecule has 3 rings (SSSR count). The van der Waals surface area contributed by atoms with Crippen molar-refractivity contribution in [1.29, 1.82) is 0 Å². The maximum absolute atomic E-state index is 5.99. The van der Waals surface area contributed by atoms with Crippen LogP contribution in [0.25, 0.3) is 0 Å². The van der Waals surface area contributed by atoms with Gasteiger partial charge in [-0.1, -0.05) is 43.2 Å². The Morgan fingerprint density at radius 3 is 2.40 bits per heavy atom. The van der Waals surface area contributed by atoms with E-state index in [2.05, 4.69) is 54.1 Å². The van der Waals surface area contributed by atoms with E-state index in [9.17, 15) is 0 Å². The Kier molecular flexibility index (Phi) is 3.92. The molecular weight excluding hydrogens is 264 g/mol. The van der Waals surface area contributed by atoms with E-state index in [1.165, 1.54) is 41.7 Å². The summed E-state index contributed by atoms with van der Waals surface area (Å²) in [6, 6.07) is 13.3. The zero-order valence-electron chi connectivity index (χ0n) is 11.9. The normalized spacial score (nSPS) is 19.1. The SMILES string of the molecule is Cc1sccc1C(NN)C1(c2ccccc2)CCCC1. The lowest BCUT2D eigenvalue weighted by Crippen LogP contribution is -2.43. The van der Waals surface area contributed by atoms with Crippen molar-refractivity contribution in [2.24, 2.45) is 5.84 Å². The van der Waals surface area contributed by atoms with Gasteiger partial charge in [-0.05, 0) is 42.3 Å². The van der Waals surface area contributed by atoms with Crippen molar-refractivity contribution in [3.8, 4) is 0 Å². The Bertz CT molecular complexity index is 555. The minimum atomic E-state index is 0.141. The van der Waals surface area contributed by atoms with Gasteiger partial charge in [-0.2, -0.15) is 0 Å². The van der Waals surface area contributed by atoms with Crippen LogP contribution >= 0.6 is 11.3 Å². The van der Waals surface area contributed by atoms with Crippen molar-refractivity contribution >= 4 is 11.3 Å². The van der Waals surface area contributed by atoms with Crippen molar-refractivity contribution in [3.05, 3.63) is 57.8 Å². The number of benzene rings is 1. The summed E-state index contributed by atoms with van der Waals surface area (Å²) in [5.74, 6) is 5.99. The zero-order valence-corrected chi connectivity index (χ0v) is 12.7. The fourth-order valence-corrected chi connectivity index (χ4v) is 4.50. The molecule has 0 saturated heterocycles. The Labute approximate surface area is 125 Å². The molecule has 2 aromatic rings. The molecule has 3 heteroatoms. The summed E-state index contributed by atoms with van der Waals surface area (Å²) in [4.78, 5) is 1.37. The Morgan fingerprint density at radius 1 is 1.15 bits per heavy atom. The quantitative estimate of drug-likeness (QED) is 0.656. The molecule has 1 aliphatic rings. The number of nitrogens with one attached hydrogen (secondary N) is 1. The molecule has 1 unspecified atom stereocenters. The van der Waals surface area contributed by atoms with Crippen LogP contribution < -0.4 is 11.3 Å². The van der Waals surface area contributed by atoms with Gasteiger partial charge in [-0.15, -0.1) is 11.3 Å². The number of aryl methyl sites for hydroxylation is 1. The Morgan fingerprint density at radius 2 is 1.85 bits per heavy atom. The maximum atomic E-state index is 5.99. The third-order valence-corrected chi connectivity index (χ3v) is 5.64. The summed E-state index contributed by atoms with van der Waals surface area (Å²) in [6.07, 6.45) is 4.99. The molecule has 1 heterocycles. The molecule has 1 atom stereocenters. The third-order valence-electron chi connectivity index (χ3n) is 4.77. The molecule has 1 aromatic carbocycles. The number of rotatable bonds is 4. The van der Waals surface area contributed by atoms with E-state index in [0.29, 0.717) is 0 Å². The predicted octanol–water partition coefficient (Wildman–Crippen LogP) is 4.07. The number of hydrazine groups is 1. The van der Waals surface area contributed by atoms with Crippen molar-refractivity contribution in [3.63, 3.8) is 0 Å². The second-order valence-corrected chi connectivity index (χ2v) is 6.88. The maximum Gasteiger partial charge on any atom is 0.0567 e. The first kappa shape index (κ1) is 13.8. The third kappa shape index (κ3) is 2.20. The van der Waals surface area contributed by atoms with Gasteiger partial charge in [0.25, 0.3) is 0 Å². The molecule has 0 spiro atoms. The molecule has 106 valence electrons. The highest BCUT2D eigenvalue weighted by atomic mass is 32.1. The van der Waals surface area contributed by atoms with Crippen molar-refractivity contribution in [2.75, 3.05) is 0 Å². The molecule has 0 aliphatic heterocycles. The van der Waals surface area contributed by atoms with Crippen molar-refractivity contribution in [2.45, 2.75) is 44.1 Å². The Hall–Kier alpha value is -1.16. The summed E-state index contributed by atoms with van der Waals surface area (Å²) in [7, 11) is 0. The summed E-state index contributed by atoms with van der Waals surface area (Å²) in [5, 5.41) is 2.17. The second kappa shape index (κ2) is 5.68. The first-order valence-electron chi connectivity index (χ1n) is 7.33. The molecule has 20 heavy (non-hydrogen) atoms. The van der Waals surface area contributed by atoms with Crippen LogP contribution in [-0.4, -0.2) is 0 Å². The summed E-state index contributed by atoms with van der Waals surface area (Å²) < 4.78 is 0. The lowest BCUT2D eigenvalue weighted by Gasteiger charge is -2.38. The molecular formula is C17H22N2S. The van der Waals surface area contributed by atoms with Crippen LogP contribution in [0.4, 0.5) is 0 Å². The van der Waals surface area contributed by atoms with Gasteiger partial charge in [0.1, 0.15) is 0 Å². The minimum absolute atomic E-state index is 0.141. The van der Waals surface area contributed by atoms with Crippen LogP contribution in [0.3, 0.4) is 0 Å². The first-order valence-corrected chi connectivity index (χ1v) is 8.21. The van der Waals surface area contributed by atoms with Crippen molar-refractivity contribution in [1.82, 2.24) is 5.43 Å². The van der Waals surface area contributed by atoms with Crippen LogP contribution in [0, 0.1) is 6.92 Å². The average Bonchev–Trinajstić information content (AvgIpc) is 3.12. The smallest absolute Gasteiger partial charge is 0.0567 e. The van der Waals surface area contributed by atoms with Crippen LogP contribution in [0.2, 0.25) is 0 Å². The molecule has 1 fully saturated rings. The summed E-state index contributed by atoms with van der Waals surface area (Å²) >= 11 is 1.81. The van der Waals surface area contributed by atoms with Gasteiger partial charge in [0.05, 0.1) is 6.04 Å². The van der Waals surface area contributed by atoms with Gasteiger partial charge >= 0.3 is 0 Å². The Balaban J connectivity index is 2.08. The highest BCUT2D eigenvalue weighted by Crippen LogP contribution is 2.50. The van der Waals surface area contributed by atoms with Gasteiger partial charge in [-0.25, -0.2) is 0 Å². The van der Waals surface area contributed by atoms with Gasteiger partial charge in [0.15, 0.2) is 0 Å². The van der Waals surface area contributed by atoms with Crippen LogP contribution in [-0.2, 0) is 5.41 Å². The molecule has 3 N–H and O–H groups in total. The fourth-order valence-electron chi connectivity index (χ4n) is 3.76. The second-order valence-electron chi connectivity index (χ2n) is 5.76. The van der Waals surface area contributed by atoms with Crippen molar-refractivity contribution < 1.29 is 0 Å². The van der Waals surface area contributed by atoms with E-state index in [4.69, 9.17) is 5.84 Å². The van der Waals surface area contributed by atoms with E-state index in [-0.39, 0.29) is 11.5 Å². The molecule has 0 amide bonds.